The fourth-order valence-electron chi connectivity index (χ4n) is 2.30. The van der Waals surface area contributed by atoms with Gasteiger partial charge >= 0.3 is 0 Å². The van der Waals surface area contributed by atoms with Crippen molar-refractivity contribution in [3.63, 3.8) is 0 Å². The zero-order valence-corrected chi connectivity index (χ0v) is 11.9. The third-order valence-corrected chi connectivity index (χ3v) is 5.15. The quantitative estimate of drug-likeness (QED) is 0.876. The Balaban J connectivity index is 2.36. The number of nitrogens with one attached hydrogen (secondary N) is 2. The Labute approximate surface area is 117 Å². The lowest BCUT2D eigenvalue weighted by atomic mass is 9.92. The molecule has 1 aromatic rings. The maximum atomic E-state index is 13.5. The molecule has 0 bridgehead atoms. The smallest absolute Gasteiger partial charge is 0.242 e. The van der Waals surface area contributed by atoms with Gasteiger partial charge in [0.15, 0.2) is 0 Å². The first kappa shape index (κ1) is 14.9. The molecule has 0 spiro atoms. The predicted molar refractivity (Wildman–Crippen MR) is 71.9 cm³/mol. The van der Waals surface area contributed by atoms with Crippen molar-refractivity contribution in [1.82, 2.24) is 10.0 Å². The first-order valence-electron chi connectivity index (χ1n) is 6.31. The number of hydrogen-bond donors (Lipinski definition) is 2. The second kappa shape index (κ2) is 5.48. The second-order valence-corrected chi connectivity index (χ2v) is 6.79. The molecule has 2 rings (SSSR count). The number of sulfonamides is 1. The molecule has 108 valence electrons. The van der Waals surface area contributed by atoms with Gasteiger partial charge in [0.25, 0.3) is 0 Å². The van der Waals surface area contributed by atoms with Crippen LogP contribution < -0.4 is 10.0 Å². The van der Waals surface area contributed by atoms with E-state index in [4.69, 9.17) is 5.26 Å². The number of nitrogens with zero attached hydrogens (tertiary/aromatic N) is 1. The molecule has 1 saturated heterocycles. The molecule has 1 aliphatic heterocycles. The van der Waals surface area contributed by atoms with Gasteiger partial charge in [-0.3, -0.25) is 0 Å². The average Bonchev–Trinajstić information content (AvgIpc) is 2.38. The van der Waals surface area contributed by atoms with Gasteiger partial charge in [-0.25, -0.2) is 17.5 Å². The van der Waals surface area contributed by atoms with Crippen LogP contribution in [0.5, 0.6) is 0 Å². The molecule has 2 N–H and O–H groups in total. The molecular weight excluding hydrogens is 281 g/mol. The van der Waals surface area contributed by atoms with E-state index >= 15 is 0 Å². The summed E-state index contributed by atoms with van der Waals surface area (Å²) in [4.78, 5) is -0.306. The molecule has 1 fully saturated rings. The summed E-state index contributed by atoms with van der Waals surface area (Å²) in [5.41, 5.74) is -1.03. The third-order valence-electron chi connectivity index (χ3n) is 3.46. The summed E-state index contributed by atoms with van der Waals surface area (Å²) < 4.78 is 40.9. The number of piperidine rings is 1. The van der Waals surface area contributed by atoms with Gasteiger partial charge in [0.1, 0.15) is 22.3 Å². The highest BCUT2D eigenvalue weighted by molar-refractivity contribution is 7.89. The summed E-state index contributed by atoms with van der Waals surface area (Å²) in [6, 6.07) is 5.22. The van der Waals surface area contributed by atoms with Crippen molar-refractivity contribution in [3.8, 4) is 6.07 Å². The number of hydrogen-bond acceptors (Lipinski definition) is 4. The first-order chi connectivity index (χ1) is 9.38. The Morgan fingerprint density at radius 1 is 1.40 bits per heavy atom. The molecule has 1 aliphatic rings. The molecule has 0 saturated carbocycles. The lowest BCUT2D eigenvalue weighted by Gasteiger charge is -2.34. The van der Waals surface area contributed by atoms with E-state index in [1.807, 2.05) is 6.92 Å². The van der Waals surface area contributed by atoms with E-state index in [0.29, 0.717) is 25.9 Å². The molecule has 0 radical (unpaired) electrons. The summed E-state index contributed by atoms with van der Waals surface area (Å²) in [6.45, 7) is 3.25. The highest BCUT2D eigenvalue weighted by Crippen LogP contribution is 2.23. The van der Waals surface area contributed by atoms with Crippen LogP contribution in [0, 0.1) is 17.1 Å². The zero-order chi connectivity index (χ0) is 14.8. The molecule has 1 heterocycles. The van der Waals surface area contributed by atoms with Crippen LogP contribution in [0.1, 0.15) is 25.3 Å². The van der Waals surface area contributed by atoms with Crippen LogP contribution >= 0.6 is 0 Å². The molecule has 0 amide bonds. The topological polar surface area (TPSA) is 82.0 Å². The van der Waals surface area contributed by atoms with Crippen molar-refractivity contribution in [2.24, 2.45) is 0 Å². The van der Waals surface area contributed by atoms with Crippen LogP contribution in [0.25, 0.3) is 0 Å². The predicted octanol–water partition coefficient (Wildman–Crippen LogP) is 1.12. The minimum absolute atomic E-state index is 0.306. The van der Waals surface area contributed by atoms with Gasteiger partial charge in [-0.1, -0.05) is 6.07 Å². The minimum Gasteiger partial charge on any atom is -0.317 e. The van der Waals surface area contributed by atoms with E-state index in [-0.39, 0.29) is 4.90 Å². The molecule has 0 aliphatic carbocycles. The molecule has 0 unspecified atom stereocenters. The van der Waals surface area contributed by atoms with Crippen LogP contribution in [0.2, 0.25) is 0 Å². The number of nitriles is 1. The molecular formula is C13H16FN3O2S. The van der Waals surface area contributed by atoms with Crippen LogP contribution in [0.4, 0.5) is 4.39 Å². The molecule has 1 aromatic carbocycles. The zero-order valence-electron chi connectivity index (χ0n) is 11.1. The number of benzene rings is 1. The van der Waals surface area contributed by atoms with E-state index in [1.165, 1.54) is 12.1 Å². The van der Waals surface area contributed by atoms with Crippen LogP contribution in [-0.4, -0.2) is 27.0 Å². The normalized spacial score (nSPS) is 18.4. The standard InChI is InChI=1S/C13H16FN3O2S/c1-13(5-7-16-8-6-13)17-20(18,19)12-4-2-3-11(14)10(12)9-15/h2-4,16-17H,5-8H2,1H3. The average molecular weight is 297 g/mol. The lowest BCUT2D eigenvalue weighted by Crippen LogP contribution is -2.52. The fraction of sp³-hybridized carbons (Fsp3) is 0.462. The van der Waals surface area contributed by atoms with Gasteiger partial charge in [0.05, 0.1) is 0 Å². The molecule has 0 atom stereocenters. The Hall–Kier alpha value is -1.49. The van der Waals surface area contributed by atoms with Crippen molar-refractivity contribution in [3.05, 3.63) is 29.6 Å². The fourth-order valence-corrected chi connectivity index (χ4v) is 3.93. The summed E-state index contributed by atoms with van der Waals surface area (Å²) >= 11 is 0. The van der Waals surface area contributed by atoms with Gasteiger partial charge in [-0.2, -0.15) is 5.26 Å². The highest BCUT2D eigenvalue weighted by atomic mass is 32.2. The first-order valence-corrected chi connectivity index (χ1v) is 7.80. The summed E-state index contributed by atoms with van der Waals surface area (Å²) in [5.74, 6) is -0.828. The maximum absolute atomic E-state index is 13.5. The van der Waals surface area contributed by atoms with Crippen molar-refractivity contribution >= 4 is 10.0 Å². The Morgan fingerprint density at radius 2 is 2.05 bits per heavy atom. The van der Waals surface area contributed by atoms with Gasteiger partial charge in [-0.05, 0) is 45.0 Å². The van der Waals surface area contributed by atoms with Crippen molar-refractivity contribution in [2.45, 2.75) is 30.2 Å². The molecule has 5 nitrogen and oxygen atoms in total. The van der Waals surface area contributed by atoms with Gasteiger partial charge < -0.3 is 5.32 Å². The van der Waals surface area contributed by atoms with Crippen LogP contribution in [0.15, 0.2) is 23.1 Å². The maximum Gasteiger partial charge on any atom is 0.242 e. The van der Waals surface area contributed by atoms with E-state index in [0.717, 1.165) is 6.07 Å². The highest BCUT2D eigenvalue weighted by Gasteiger charge is 2.33. The summed E-state index contributed by atoms with van der Waals surface area (Å²) in [6.07, 6.45) is 1.28. The minimum atomic E-state index is -3.92. The Kier molecular flexibility index (Phi) is 4.09. The van der Waals surface area contributed by atoms with E-state index in [1.54, 1.807) is 6.07 Å². The second-order valence-electron chi connectivity index (χ2n) is 5.14. The van der Waals surface area contributed by atoms with Gasteiger partial charge in [0.2, 0.25) is 10.0 Å². The molecule has 0 aromatic heterocycles. The van der Waals surface area contributed by atoms with Gasteiger partial charge in [0, 0.05) is 5.54 Å². The summed E-state index contributed by atoms with van der Waals surface area (Å²) in [5, 5.41) is 12.1. The van der Waals surface area contributed by atoms with Crippen LogP contribution in [0.3, 0.4) is 0 Å². The van der Waals surface area contributed by atoms with Crippen molar-refractivity contribution in [2.75, 3.05) is 13.1 Å². The van der Waals surface area contributed by atoms with Gasteiger partial charge in [-0.15, -0.1) is 0 Å². The molecule has 20 heavy (non-hydrogen) atoms. The van der Waals surface area contributed by atoms with E-state index < -0.39 is 26.9 Å². The third kappa shape index (κ3) is 2.98. The summed E-state index contributed by atoms with van der Waals surface area (Å²) in [7, 11) is -3.92. The SMILES string of the molecule is CC1(NS(=O)(=O)c2cccc(F)c2C#N)CCNCC1. The number of rotatable bonds is 3. The Morgan fingerprint density at radius 3 is 2.65 bits per heavy atom. The lowest BCUT2D eigenvalue weighted by molar-refractivity contribution is 0.308. The van der Waals surface area contributed by atoms with Crippen LogP contribution in [-0.2, 0) is 10.0 Å². The Bertz CT molecular complexity index is 646. The largest absolute Gasteiger partial charge is 0.317 e. The number of halogens is 1. The van der Waals surface area contributed by atoms with Crippen molar-refractivity contribution < 1.29 is 12.8 Å². The van der Waals surface area contributed by atoms with E-state index in [9.17, 15) is 12.8 Å². The molecule has 7 heteroatoms. The van der Waals surface area contributed by atoms with E-state index in [2.05, 4.69) is 10.0 Å². The van der Waals surface area contributed by atoms with Crippen molar-refractivity contribution in [1.29, 1.82) is 5.26 Å². The monoisotopic (exact) mass is 297 g/mol.